The van der Waals surface area contributed by atoms with E-state index in [0.29, 0.717) is 13.2 Å². The van der Waals surface area contributed by atoms with Crippen LogP contribution < -0.4 is 5.73 Å². The molecule has 2 aromatic carbocycles. The van der Waals surface area contributed by atoms with Gasteiger partial charge in [-0.25, -0.2) is 0 Å². The van der Waals surface area contributed by atoms with Gasteiger partial charge in [-0.2, -0.15) is 0 Å². The second kappa shape index (κ2) is 5.63. The average molecular weight is 294 g/mol. The van der Waals surface area contributed by atoms with Crippen LogP contribution in [-0.4, -0.2) is 13.2 Å². The Hall–Kier alpha value is -0.900. The Kier molecular flexibility index (Phi) is 4.15. The molecule has 2 aromatic rings. The van der Waals surface area contributed by atoms with Crippen molar-refractivity contribution in [3.63, 3.8) is 0 Å². The van der Waals surface area contributed by atoms with Crippen LogP contribution in [0.3, 0.4) is 0 Å². The van der Waals surface area contributed by atoms with Crippen molar-refractivity contribution in [1.82, 2.24) is 0 Å². The van der Waals surface area contributed by atoms with E-state index in [1.165, 1.54) is 10.8 Å². The Morgan fingerprint density at radius 1 is 1.18 bits per heavy atom. The van der Waals surface area contributed by atoms with Crippen LogP contribution in [0.1, 0.15) is 18.5 Å². The van der Waals surface area contributed by atoms with Gasteiger partial charge in [-0.3, -0.25) is 0 Å². The maximum atomic E-state index is 6.07. The van der Waals surface area contributed by atoms with Gasteiger partial charge in [0.25, 0.3) is 0 Å². The quantitative estimate of drug-likeness (QED) is 0.934. The molecule has 0 heterocycles. The molecule has 0 bridgehead atoms. The summed E-state index contributed by atoms with van der Waals surface area (Å²) in [6, 6.07) is 12.5. The highest BCUT2D eigenvalue weighted by molar-refractivity contribution is 9.10. The molecule has 1 atom stereocenters. The Bertz CT molecular complexity index is 513. The Morgan fingerprint density at radius 2 is 1.88 bits per heavy atom. The number of ether oxygens (including phenoxy) is 1. The molecule has 0 aliphatic carbocycles. The van der Waals surface area contributed by atoms with E-state index in [4.69, 9.17) is 10.5 Å². The summed E-state index contributed by atoms with van der Waals surface area (Å²) < 4.78 is 6.44. The monoisotopic (exact) mass is 293 g/mol. The minimum atomic E-state index is -0.0528. The van der Waals surface area contributed by atoms with Crippen molar-refractivity contribution in [3.8, 4) is 0 Å². The third-order valence-corrected chi connectivity index (χ3v) is 3.25. The van der Waals surface area contributed by atoms with Crippen molar-refractivity contribution in [1.29, 1.82) is 0 Å². The van der Waals surface area contributed by atoms with E-state index in [9.17, 15) is 0 Å². The molecule has 0 fully saturated rings. The molecule has 0 amide bonds. The molecule has 0 radical (unpaired) electrons. The lowest BCUT2D eigenvalue weighted by Gasteiger charge is -2.12. The molecule has 2 N–H and O–H groups in total. The largest absolute Gasteiger partial charge is 0.380 e. The number of halogens is 1. The average Bonchev–Trinajstić information content (AvgIpc) is 2.35. The van der Waals surface area contributed by atoms with Gasteiger partial charge in [0.1, 0.15) is 0 Å². The molecule has 1 unspecified atom stereocenters. The maximum absolute atomic E-state index is 6.07. The van der Waals surface area contributed by atoms with Crippen LogP contribution >= 0.6 is 15.9 Å². The van der Waals surface area contributed by atoms with Gasteiger partial charge < -0.3 is 10.5 Å². The van der Waals surface area contributed by atoms with Crippen LogP contribution in [0.15, 0.2) is 40.9 Å². The van der Waals surface area contributed by atoms with Gasteiger partial charge >= 0.3 is 0 Å². The molecule has 90 valence electrons. The first-order valence-electron chi connectivity index (χ1n) is 5.73. The first kappa shape index (κ1) is 12.6. The third kappa shape index (κ3) is 3.06. The minimum absolute atomic E-state index is 0.0528. The number of hydrogen-bond donors (Lipinski definition) is 1. The fourth-order valence-corrected chi connectivity index (χ4v) is 2.19. The predicted molar refractivity (Wildman–Crippen MR) is 75.1 cm³/mol. The van der Waals surface area contributed by atoms with Crippen LogP contribution in [0.25, 0.3) is 10.8 Å². The summed E-state index contributed by atoms with van der Waals surface area (Å²) in [4.78, 5) is 0. The van der Waals surface area contributed by atoms with Crippen molar-refractivity contribution in [3.05, 3.63) is 46.4 Å². The van der Waals surface area contributed by atoms with Crippen molar-refractivity contribution in [2.75, 3.05) is 13.2 Å². The molecule has 0 saturated heterocycles. The SMILES string of the molecule is CCOCC(N)c1ccc2cc(Br)ccc2c1. The first-order valence-corrected chi connectivity index (χ1v) is 6.52. The van der Waals surface area contributed by atoms with E-state index in [-0.39, 0.29) is 6.04 Å². The Morgan fingerprint density at radius 3 is 2.65 bits per heavy atom. The predicted octanol–water partition coefficient (Wildman–Crippen LogP) is 3.64. The van der Waals surface area contributed by atoms with Crippen molar-refractivity contribution < 1.29 is 4.74 Å². The number of benzene rings is 2. The summed E-state index contributed by atoms with van der Waals surface area (Å²) in [6.45, 7) is 3.25. The molecule has 3 heteroatoms. The summed E-state index contributed by atoms with van der Waals surface area (Å²) in [5.41, 5.74) is 7.19. The smallest absolute Gasteiger partial charge is 0.0659 e. The summed E-state index contributed by atoms with van der Waals surface area (Å²) >= 11 is 3.47. The highest BCUT2D eigenvalue weighted by atomic mass is 79.9. The van der Waals surface area contributed by atoms with E-state index >= 15 is 0 Å². The minimum Gasteiger partial charge on any atom is -0.380 e. The standard InChI is InChI=1S/C14H16BrNO/c1-2-17-9-14(16)12-4-3-11-8-13(15)6-5-10(11)7-12/h3-8,14H,2,9,16H2,1H3. The van der Waals surface area contributed by atoms with Crippen LogP contribution in [0, 0.1) is 0 Å². The van der Waals surface area contributed by atoms with Crippen LogP contribution in [0.2, 0.25) is 0 Å². The summed E-state index contributed by atoms with van der Waals surface area (Å²) in [6.07, 6.45) is 0. The zero-order valence-electron chi connectivity index (χ0n) is 9.82. The van der Waals surface area contributed by atoms with E-state index in [0.717, 1.165) is 10.0 Å². The topological polar surface area (TPSA) is 35.2 Å². The highest BCUT2D eigenvalue weighted by Crippen LogP contribution is 2.23. The number of fused-ring (bicyclic) bond motifs is 1. The maximum Gasteiger partial charge on any atom is 0.0659 e. The summed E-state index contributed by atoms with van der Waals surface area (Å²) in [7, 11) is 0. The Balaban J connectivity index is 2.28. The molecule has 0 aromatic heterocycles. The van der Waals surface area contributed by atoms with Gasteiger partial charge in [0.2, 0.25) is 0 Å². The molecule has 0 aliphatic heterocycles. The first-order chi connectivity index (χ1) is 8.20. The van der Waals surface area contributed by atoms with Crippen LogP contribution in [-0.2, 0) is 4.74 Å². The van der Waals surface area contributed by atoms with E-state index in [1.54, 1.807) is 0 Å². The summed E-state index contributed by atoms with van der Waals surface area (Å²) in [5, 5.41) is 2.42. The molecule has 0 aliphatic rings. The van der Waals surface area contributed by atoms with Gasteiger partial charge in [0.15, 0.2) is 0 Å². The van der Waals surface area contributed by atoms with Gasteiger partial charge in [-0.05, 0) is 41.5 Å². The molecular formula is C14H16BrNO. The highest BCUT2D eigenvalue weighted by Gasteiger charge is 2.06. The molecule has 0 saturated carbocycles. The fourth-order valence-electron chi connectivity index (χ4n) is 1.81. The van der Waals surface area contributed by atoms with Crippen molar-refractivity contribution in [2.24, 2.45) is 5.73 Å². The molecule has 0 spiro atoms. The lowest BCUT2D eigenvalue weighted by molar-refractivity contribution is 0.133. The third-order valence-electron chi connectivity index (χ3n) is 2.76. The fraction of sp³-hybridized carbons (Fsp3) is 0.286. The Labute approximate surface area is 110 Å². The van der Waals surface area contributed by atoms with Crippen molar-refractivity contribution in [2.45, 2.75) is 13.0 Å². The van der Waals surface area contributed by atoms with E-state index in [1.807, 2.05) is 13.0 Å². The molecule has 17 heavy (non-hydrogen) atoms. The van der Waals surface area contributed by atoms with Gasteiger partial charge in [-0.1, -0.05) is 34.1 Å². The molecular weight excluding hydrogens is 278 g/mol. The lowest BCUT2D eigenvalue weighted by atomic mass is 10.0. The molecule has 2 nitrogen and oxygen atoms in total. The molecule has 2 rings (SSSR count). The lowest BCUT2D eigenvalue weighted by Crippen LogP contribution is -2.16. The zero-order chi connectivity index (χ0) is 12.3. The van der Waals surface area contributed by atoms with Crippen LogP contribution in [0.5, 0.6) is 0 Å². The number of hydrogen-bond acceptors (Lipinski definition) is 2. The second-order valence-corrected chi connectivity index (χ2v) is 4.93. The summed E-state index contributed by atoms with van der Waals surface area (Å²) in [5.74, 6) is 0. The van der Waals surface area contributed by atoms with Crippen molar-refractivity contribution >= 4 is 26.7 Å². The van der Waals surface area contributed by atoms with E-state index < -0.39 is 0 Å². The number of nitrogens with two attached hydrogens (primary N) is 1. The van der Waals surface area contributed by atoms with E-state index in [2.05, 4.69) is 46.3 Å². The van der Waals surface area contributed by atoms with Gasteiger partial charge in [-0.15, -0.1) is 0 Å². The normalized spacial score (nSPS) is 12.9. The zero-order valence-corrected chi connectivity index (χ0v) is 11.4. The number of rotatable bonds is 4. The van der Waals surface area contributed by atoms with Gasteiger partial charge in [0.05, 0.1) is 12.6 Å². The van der Waals surface area contributed by atoms with Crippen LogP contribution in [0.4, 0.5) is 0 Å². The van der Waals surface area contributed by atoms with Gasteiger partial charge in [0, 0.05) is 11.1 Å². The second-order valence-electron chi connectivity index (χ2n) is 4.02.